The molecule has 3 atom stereocenters. The summed E-state index contributed by atoms with van der Waals surface area (Å²) in [5.74, 6) is 0.639. The highest BCUT2D eigenvalue weighted by Gasteiger charge is 2.45. The Morgan fingerprint density at radius 3 is 2.48 bits per heavy atom. The first-order valence-electron chi connectivity index (χ1n) is 9.38. The van der Waals surface area contributed by atoms with Gasteiger partial charge in [-0.25, -0.2) is 4.79 Å². The molecule has 2 aliphatic rings. The summed E-state index contributed by atoms with van der Waals surface area (Å²) in [6, 6.07) is 7.27. The molecule has 150 valence electrons. The van der Waals surface area contributed by atoms with Crippen LogP contribution in [0.25, 0.3) is 0 Å². The molecule has 1 amide bonds. The number of carbonyl (C=O) groups excluding carboxylic acids is 1. The molecule has 0 unspecified atom stereocenters. The molecule has 7 heteroatoms. The number of halogens is 2. The van der Waals surface area contributed by atoms with Gasteiger partial charge < -0.3 is 19.1 Å². The highest BCUT2D eigenvalue weighted by molar-refractivity contribution is 5.69. The largest absolute Gasteiger partial charge is 0.490 e. The number of alkyl halides is 2. The van der Waals surface area contributed by atoms with Gasteiger partial charge in [0.25, 0.3) is 0 Å². The molecule has 0 saturated carbocycles. The van der Waals surface area contributed by atoms with E-state index in [1.165, 1.54) is 0 Å². The second-order valence-electron chi connectivity index (χ2n) is 8.20. The fourth-order valence-electron chi connectivity index (χ4n) is 3.90. The van der Waals surface area contributed by atoms with Crippen molar-refractivity contribution in [3.63, 3.8) is 0 Å². The first kappa shape index (κ1) is 19.9. The van der Waals surface area contributed by atoms with Crippen molar-refractivity contribution in [2.45, 2.75) is 83.5 Å². The molecule has 0 spiro atoms. The Morgan fingerprint density at radius 2 is 1.89 bits per heavy atom. The van der Waals surface area contributed by atoms with Crippen molar-refractivity contribution in [1.82, 2.24) is 4.90 Å². The molecule has 2 fully saturated rings. The van der Waals surface area contributed by atoms with Crippen molar-refractivity contribution in [2.75, 3.05) is 0 Å². The number of hydrogen-bond acceptors (Lipinski definition) is 4. The van der Waals surface area contributed by atoms with Gasteiger partial charge in [0.05, 0.1) is 6.61 Å². The molecule has 27 heavy (non-hydrogen) atoms. The van der Waals surface area contributed by atoms with Crippen molar-refractivity contribution < 1.29 is 27.8 Å². The molecular formula is C20H27F2NO4. The van der Waals surface area contributed by atoms with Gasteiger partial charge >= 0.3 is 12.7 Å². The predicted octanol–water partition coefficient (Wildman–Crippen LogP) is 4.74. The van der Waals surface area contributed by atoms with Crippen LogP contribution in [0.15, 0.2) is 24.3 Å². The summed E-state index contributed by atoms with van der Waals surface area (Å²) in [7, 11) is 0. The molecule has 3 rings (SSSR count). The van der Waals surface area contributed by atoms with Crippen molar-refractivity contribution >= 4 is 6.09 Å². The van der Waals surface area contributed by atoms with Crippen LogP contribution in [0, 0.1) is 0 Å². The molecule has 2 aliphatic heterocycles. The number of benzene rings is 1. The summed E-state index contributed by atoms with van der Waals surface area (Å²) in [6.07, 6.45) is 3.13. The van der Waals surface area contributed by atoms with E-state index in [4.69, 9.17) is 9.47 Å². The number of ether oxygens (including phenoxy) is 3. The maximum absolute atomic E-state index is 12.5. The van der Waals surface area contributed by atoms with Gasteiger partial charge in [-0.05, 0) is 51.3 Å². The van der Waals surface area contributed by atoms with Gasteiger partial charge in [-0.1, -0.05) is 12.1 Å². The molecule has 0 radical (unpaired) electrons. The van der Waals surface area contributed by atoms with Crippen LogP contribution in [0.3, 0.4) is 0 Å². The van der Waals surface area contributed by atoms with Gasteiger partial charge in [0.1, 0.15) is 17.5 Å². The van der Waals surface area contributed by atoms with E-state index in [1.54, 1.807) is 18.2 Å². The zero-order chi connectivity index (χ0) is 19.6. The van der Waals surface area contributed by atoms with Crippen molar-refractivity contribution in [3.8, 4) is 5.75 Å². The Labute approximate surface area is 158 Å². The smallest absolute Gasteiger partial charge is 0.410 e. The summed E-state index contributed by atoms with van der Waals surface area (Å²) >= 11 is 0. The van der Waals surface area contributed by atoms with Gasteiger partial charge in [0, 0.05) is 24.9 Å². The van der Waals surface area contributed by atoms with E-state index in [0.29, 0.717) is 11.3 Å². The third-order valence-corrected chi connectivity index (χ3v) is 4.87. The van der Waals surface area contributed by atoms with E-state index in [2.05, 4.69) is 4.74 Å². The van der Waals surface area contributed by atoms with Crippen LogP contribution in [-0.2, 0) is 16.1 Å². The third kappa shape index (κ3) is 5.31. The van der Waals surface area contributed by atoms with E-state index in [9.17, 15) is 13.6 Å². The Bertz CT molecular complexity index is 648. The van der Waals surface area contributed by atoms with Gasteiger partial charge in [0.15, 0.2) is 0 Å². The quantitative estimate of drug-likeness (QED) is 0.737. The molecule has 0 aliphatic carbocycles. The van der Waals surface area contributed by atoms with Crippen LogP contribution < -0.4 is 4.74 Å². The summed E-state index contributed by atoms with van der Waals surface area (Å²) < 4.78 is 40.4. The van der Waals surface area contributed by atoms with Crippen molar-refractivity contribution in [2.24, 2.45) is 0 Å². The summed E-state index contributed by atoms with van der Waals surface area (Å²) in [5.41, 5.74) is 0.131. The standard InChI is InChI=1S/C20H27F2NO4/c1-20(2,3)27-19(24)23-14-7-8-15(23)11-17(10-14)26-16-6-4-5-13(9-16)12-25-18(21)22/h4-6,9,14-15,17-18H,7-8,10-12H2,1-3H3/t14-,15+,17+. The van der Waals surface area contributed by atoms with E-state index in [0.717, 1.165) is 25.7 Å². The molecule has 1 aromatic carbocycles. The van der Waals surface area contributed by atoms with Crippen LogP contribution in [0.1, 0.15) is 52.0 Å². The maximum atomic E-state index is 12.5. The minimum atomic E-state index is -2.79. The molecule has 2 heterocycles. The lowest BCUT2D eigenvalue weighted by molar-refractivity contribution is -0.137. The second kappa shape index (κ2) is 8.00. The minimum absolute atomic E-state index is 0.00699. The number of rotatable bonds is 5. The van der Waals surface area contributed by atoms with Crippen LogP contribution in [0.4, 0.5) is 13.6 Å². The first-order valence-corrected chi connectivity index (χ1v) is 9.38. The number of fused-ring (bicyclic) bond motifs is 2. The monoisotopic (exact) mass is 383 g/mol. The van der Waals surface area contributed by atoms with Crippen LogP contribution in [-0.4, -0.2) is 41.4 Å². The molecule has 1 aromatic rings. The average molecular weight is 383 g/mol. The summed E-state index contributed by atoms with van der Waals surface area (Å²) in [5, 5.41) is 0. The van der Waals surface area contributed by atoms with Gasteiger partial charge in [-0.2, -0.15) is 8.78 Å². The summed E-state index contributed by atoms with van der Waals surface area (Å²) in [6.45, 7) is 2.66. The molecular weight excluding hydrogens is 356 g/mol. The second-order valence-corrected chi connectivity index (χ2v) is 8.20. The van der Waals surface area contributed by atoms with Crippen LogP contribution in [0.2, 0.25) is 0 Å². The fourth-order valence-corrected chi connectivity index (χ4v) is 3.90. The summed E-state index contributed by atoms with van der Waals surface area (Å²) in [4.78, 5) is 14.4. The highest BCUT2D eigenvalue weighted by atomic mass is 19.3. The lowest BCUT2D eigenvalue weighted by Gasteiger charge is -2.39. The Morgan fingerprint density at radius 1 is 1.22 bits per heavy atom. The van der Waals surface area contributed by atoms with E-state index in [-0.39, 0.29) is 30.9 Å². The predicted molar refractivity (Wildman–Crippen MR) is 95.8 cm³/mol. The first-order chi connectivity index (χ1) is 12.7. The maximum Gasteiger partial charge on any atom is 0.410 e. The van der Waals surface area contributed by atoms with Gasteiger partial charge in [-0.15, -0.1) is 0 Å². The lowest BCUT2D eigenvalue weighted by Crippen LogP contribution is -2.50. The molecule has 5 nitrogen and oxygen atoms in total. The normalized spacial score (nSPS) is 25.0. The van der Waals surface area contributed by atoms with Crippen molar-refractivity contribution in [1.29, 1.82) is 0 Å². The molecule has 0 N–H and O–H groups in total. The number of carbonyl (C=O) groups is 1. The minimum Gasteiger partial charge on any atom is -0.490 e. The highest BCUT2D eigenvalue weighted by Crippen LogP contribution is 2.38. The van der Waals surface area contributed by atoms with E-state index in [1.807, 2.05) is 31.7 Å². The lowest BCUT2D eigenvalue weighted by atomic mass is 10.00. The number of hydrogen-bond donors (Lipinski definition) is 0. The SMILES string of the molecule is CC(C)(C)OC(=O)N1[C@@H]2CC[C@H]1C[C@@H](Oc1cccc(COC(F)F)c1)C2. The fraction of sp³-hybridized carbons (Fsp3) is 0.650. The topological polar surface area (TPSA) is 48.0 Å². The number of piperidine rings is 1. The van der Waals surface area contributed by atoms with Gasteiger partial charge in [-0.3, -0.25) is 0 Å². The molecule has 2 bridgehead atoms. The van der Waals surface area contributed by atoms with E-state index < -0.39 is 12.2 Å². The number of amides is 1. The Kier molecular flexibility index (Phi) is 5.89. The van der Waals surface area contributed by atoms with E-state index >= 15 is 0 Å². The third-order valence-electron chi connectivity index (χ3n) is 4.87. The zero-order valence-corrected chi connectivity index (χ0v) is 16.0. The number of nitrogens with zero attached hydrogens (tertiary/aromatic N) is 1. The van der Waals surface area contributed by atoms with Crippen LogP contribution in [0.5, 0.6) is 5.75 Å². The Balaban J connectivity index is 1.59. The van der Waals surface area contributed by atoms with Crippen LogP contribution >= 0.6 is 0 Å². The van der Waals surface area contributed by atoms with Gasteiger partial charge in [0.2, 0.25) is 0 Å². The van der Waals surface area contributed by atoms with Crippen molar-refractivity contribution in [3.05, 3.63) is 29.8 Å². The molecule has 2 saturated heterocycles. The zero-order valence-electron chi connectivity index (χ0n) is 16.0. The Hall–Kier alpha value is -1.89. The molecule has 0 aromatic heterocycles. The average Bonchev–Trinajstić information content (AvgIpc) is 2.83.